The lowest BCUT2D eigenvalue weighted by atomic mass is 9.53. The van der Waals surface area contributed by atoms with Gasteiger partial charge in [0.25, 0.3) is 11.8 Å². The van der Waals surface area contributed by atoms with E-state index in [1.807, 2.05) is 52.9 Å². The first-order valence-electron chi connectivity index (χ1n) is 14.1. The van der Waals surface area contributed by atoms with Crippen molar-refractivity contribution in [1.82, 2.24) is 14.7 Å². The molecule has 2 amide bonds. The van der Waals surface area contributed by atoms with Gasteiger partial charge in [-0.25, -0.2) is 4.98 Å². The Kier molecular flexibility index (Phi) is 6.38. The van der Waals surface area contributed by atoms with Crippen LogP contribution >= 0.6 is 11.6 Å². The van der Waals surface area contributed by atoms with Gasteiger partial charge in [-0.2, -0.15) is 0 Å². The molecule has 0 unspecified atom stereocenters. The Morgan fingerprint density at radius 1 is 1.02 bits per heavy atom. The zero-order valence-electron chi connectivity index (χ0n) is 22.5. The van der Waals surface area contributed by atoms with Gasteiger partial charge in [0.1, 0.15) is 18.3 Å². The molecule has 0 saturated heterocycles. The molecule has 41 heavy (non-hydrogen) atoms. The number of halogens is 1. The summed E-state index contributed by atoms with van der Waals surface area (Å²) >= 11 is 6.87. The molecule has 0 radical (unpaired) electrons. The molecule has 9 heteroatoms. The van der Waals surface area contributed by atoms with Gasteiger partial charge in [-0.15, -0.1) is 0 Å². The number of nitrogens with one attached hydrogen (secondary N) is 1. The van der Waals surface area contributed by atoms with Crippen LogP contribution < -0.4 is 20.5 Å². The van der Waals surface area contributed by atoms with Gasteiger partial charge in [0.15, 0.2) is 10.9 Å². The molecule has 1 spiro atoms. The monoisotopic (exact) mass is 570 g/mol. The van der Waals surface area contributed by atoms with E-state index in [9.17, 15) is 9.59 Å². The molecule has 3 aliphatic carbocycles. The van der Waals surface area contributed by atoms with Crippen LogP contribution in [0, 0.1) is 5.41 Å². The SMILES string of the molecule is NC(=O)c1cccnc1O[C@H]1CC2(C[C@H](NC(=O)c3cc(C4CC4)n4c(Cl)c(OCc5ccccc5)ccc34)C2)C1. The lowest BCUT2D eigenvalue weighted by molar-refractivity contribution is -0.0848. The highest BCUT2D eigenvalue weighted by atomic mass is 35.5. The molecule has 210 valence electrons. The highest BCUT2D eigenvalue weighted by Gasteiger charge is 2.54. The first-order valence-corrected chi connectivity index (χ1v) is 14.5. The molecule has 3 fully saturated rings. The van der Waals surface area contributed by atoms with Crippen molar-refractivity contribution in [2.45, 2.75) is 63.2 Å². The largest absolute Gasteiger partial charge is 0.486 e. The molecule has 0 atom stereocenters. The third-order valence-electron chi connectivity index (χ3n) is 8.67. The van der Waals surface area contributed by atoms with Gasteiger partial charge in [-0.05, 0) is 85.8 Å². The molecule has 1 aromatic carbocycles. The number of hydrogen-bond donors (Lipinski definition) is 2. The van der Waals surface area contributed by atoms with Gasteiger partial charge >= 0.3 is 0 Å². The maximum atomic E-state index is 13.5. The van der Waals surface area contributed by atoms with Gasteiger partial charge in [-0.1, -0.05) is 41.9 Å². The van der Waals surface area contributed by atoms with E-state index in [2.05, 4.69) is 10.3 Å². The van der Waals surface area contributed by atoms with E-state index >= 15 is 0 Å². The fraction of sp³-hybridized carbons (Fsp3) is 0.344. The summed E-state index contributed by atoms with van der Waals surface area (Å²) in [4.78, 5) is 29.3. The van der Waals surface area contributed by atoms with E-state index in [1.54, 1.807) is 18.3 Å². The van der Waals surface area contributed by atoms with Crippen molar-refractivity contribution in [3.05, 3.63) is 94.4 Å². The standard InChI is InChI=1S/C32H31ClN4O4/c33-28-27(40-18-19-5-2-1-3-6-19)11-10-25-24(13-26(37(25)28)20-8-9-20)30(39)36-21-14-32(15-21)16-22(17-32)41-31-23(29(34)38)7-4-12-35-31/h1-7,10-13,20-22H,8-9,14-18H2,(H2,34,38)(H,36,39)/t21-,22-,32?. The Labute approximate surface area is 242 Å². The Bertz CT molecular complexity index is 1630. The maximum absolute atomic E-state index is 13.5. The van der Waals surface area contributed by atoms with Gasteiger partial charge in [-0.3, -0.25) is 9.59 Å². The molecule has 3 N–H and O–H groups in total. The molecule has 4 aromatic rings. The number of primary amides is 1. The topological polar surface area (TPSA) is 108 Å². The lowest BCUT2D eigenvalue weighted by Gasteiger charge is -2.57. The Morgan fingerprint density at radius 3 is 2.54 bits per heavy atom. The van der Waals surface area contributed by atoms with E-state index in [0.29, 0.717) is 40.4 Å². The zero-order valence-corrected chi connectivity index (χ0v) is 23.3. The molecule has 0 aliphatic heterocycles. The minimum absolute atomic E-state index is 0.00313. The van der Waals surface area contributed by atoms with Gasteiger partial charge in [0.2, 0.25) is 5.88 Å². The fourth-order valence-electron chi connectivity index (χ4n) is 6.47. The summed E-state index contributed by atoms with van der Waals surface area (Å²) in [5.41, 5.74) is 9.49. The van der Waals surface area contributed by atoms with E-state index in [1.165, 1.54) is 0 Å². The zero-order chi connectivity index (χ0) is 28.1. The Morgan fingerprint density at radius 2 is 1.80 bits per heavy atom. The molecule has 0 bridgehead atoms. The number of carbonyl (C=O) groups is 2. The second kappa shape index (κ2) is 10.1. The number of nitrogens with zero attached hydrogens (tertiary/aromatic N) is 2. The number of hydrogen-bond acceptors (Lipinski definition) is 5. The second-order valence-electron chi connectivity index (χ2n) is 11.7. The summed E-state index contributed by atoms with van der Waals surface area (Å²) in [6.07, 6.45) is 7.33. The van der Waals surface area contributed by atoms with Crippen LogP contribution in [-0.2, 0) is 6.61 Å². The molecule has 3 aromatic heterocycles. The molecule has 3 heterocycles. The van der Waals surface area contributed by atoms with Crippen molar-refractivity contribution in [1.29, 1.82) is 0 Å². The van der Waals surface area contributed by atoms with Crippen LogP contribution in [-0.4, -0.2) is 33.3 Å². The van der Waals surface area contributed by atoms with E-state index in [-0.39, 0.29) is 23.5 Å². The fourth-order valence-corrected chi connectivity index (χ4v) is 6.78. The average molecular weight is 571 g/mol. The minimum atomic E-state index is -0.547. The van der Waals surface area contributed by atoms with Crippen LogP contribution in [0.1, 0.15) is 76.4 Å². The van der Waals surface area contributed by atoms with E-state index in [0.717, 1.165) is 55.3 Å². The van der Waals surface area contributed by atoms with Crippen LogP contribution in [0.15, 0.2) is 66.9 Å². The van der Waals surface area contributed by atoms with Gasteiger partial charge in [0, 0.05) is 17.9 Å². The summed E-state index contributed by atoms with van der Waals surface area (Å²) in [7, 11) is 0. The summed E-state index contributed by atoms with van der Waals surface area (Å²) in [6, 6.07) is 19.2. The number of amides is 2. The van der Waals surface area contributed by atoms with Crippen molar-refractivity contribution >= 4 is 28.9 Å². The molecular weight excluding hydrogens is 540 g/mol. The van der Waals surface area contributed by atoms with E-state index < -0.39 is 5.91 Å². The van der Waals surface area contributed by atoms with Crippen LogP contribution in [0.3, 0.4) is 0 Å². The third kappa shape index (κ3) is 4.90. The summed E-state index contributed by atoms with van der Waals surface area (Å²) in [6.45, 7) is 0.420. The van der Waals surface area contributed by atoms with Crippen LogP contribution in [0.4, 0.5) is 0 Å². The number of fused-ring (bicyclic) bond motifs is 1. The smallest absolute Gasteiger partial charge is 0.254 e. The highest BCUT2D eigenvalue weighted by Crippen LogP contribution is 2.57. The summed E-state index contributed by atoms with van der Waals surface area (Å²) < 4.78 is 14.0. The van der Waals surface area contributed by atoms with Crippen molar-refractivity contribution in [3.8, 4) is 11.6 Å². The quantitative estimate of drug-likeness (QED) is 0.252. The van der Waals surface area contributed by atoms with Crippen LogP contribution in [0.5, 0.6) is 11.6 Å². The first kappa shape index (κ1) is 25.9. The average Bonchev–Trinajstić information content (AvgIpc) is 3.70. The molecule has 8 nitrogen and oxygen atoms in total. The van der Waals surface area contributed by atoms with Crippen molar-refractivity contribution in [3.63, 3.8) is 0 Å². The molecular formula is C32H31ClN4O4. The Balaban J connectivity index is 1.00. The van der Waals surface area contributed by atoms with Crippen LogP contribution in [0.25, 0.3) is 5.52 Å². The van der Waals surface area contributed by atoms with Crippen molar-refractivity contribution in [2.75, 3.05) is 0 Å². The predicted molar refractivity (Wildman–Crippen MR) is 154 cm³/mol. The number of rotatable bonds is 9. The number of carbonyl (C=O) groups excluding carboxylic acids is 2. The number of ether oxygens (including phenoxy) is 2. The van der Waals surface area contributed by atoms with Gasteiger partial charge in [0.05, 0.1) is 11.1 Å². The summed E-state index contributed by atoms with van der Waals surface area (Å²) in [5.74, 6) is 0.676. The summed E-state index contributed by atoms with van der Waals surface area (Å²) in [5, 5.41) is 3.74. The normalized spacial score (nSPS) is 23.0. The number of benzene rings is 1. The molecule has 3 aliphatic rings. The van der Waals surface area contributed by atoms with Crippen LogP contribution in [0.2, 0.25) is 5.15 Å². The Hall–Kier alpha value is -4.04. The van der Waals surface area contributed by atoms with Crippen molar-refractivity contribution in [2.24, 2.45) is 11.1 Å². The van der Waals surface area contributed by atoms with Gasteiger partial charge < -0.3 is 24.9 Å². The maximum Gasteiger partial charge on any atom is 0.254 e. The van der Waals surface area contributed by atoms with E-state index in [4.69, 9.17) is 26.8 Å². The number of pyridine rings is 2. The highest BCUT2D eigenvalue weighted by molar-refractivity contribution is 6.31. The minimum Gasteiger partial charge on any atom is -0.486 e. The number of aromatic nitrogens is 2. The third-order valence-corrected chi connectivity index (χ3v) is 9.02. The lowest BCUT2D eigenvalue weighted by Crippen LogP contribution is -2.58. The second-order valence-corrected chi connectivity index (χ2v) is 12.0. The number of nitrogens with two attached hydrogens (primary N) is 1. The molecule has 7 rings (SSSR count). The predicted octanol–water partition coefficient (Wildman–Crippen LogP) is 5.66. The van der Waals surface area contributed by atoms with Crippen molar-refractivity contribution < 1.29 is 19.1 Å². The first-order chi connectivity index (χ1) is 19.9. The molecule has 3 saturated carbocycles.